The Balaban J connectivity index is 1.13. The third kappa shape index (κ3) is 13.1. The predicted octanol–water partition coefficient (Wildman–Crippen LogP) is 8.33. The highest BCUT2D eigenvalue weighted by molar-refractivity contribution is 7.99. The molecule has 3 aliphatic rings. The Hall–Kier alpha value is -3.58. The standard InChI is InChI=1S/C46H59ClF3N5O6S3/c1-33(16-21-47)41-15-20-45(2,3)30-35(41)31-54-25-27-55(28-26-54)37-11-9-34(10-12-37)44(57)52-64(60,61)40-13-14-42(43(29-40)63(58,59)46(48,49)50)51-36(32-62-39-7-5-4-6-8-39)17-22-53-23-18-38(56)19-24-53/h4-14,29,36,38,51,56H,1,15-28,30-32H2,2-3H3,(H,52,57)/t36-/m1/s1. The number of carbonyl (C=O) groups is 1. The van der Waals surface area contributed by atoms with E-state index in [-0.39, 0.29) is 11.0 Å². The van der Waals surface area contributed by atoms with E-state index in [1.807, 2.05) is 35.1 Å². The number of piperazine rings is 1. The number of nitrogens with one attached hydrogen (secondary N) is 2. The van der Waals surface area contributed by atoms with Gasteiger partial charge >= 0.3 is 5.51 Å². The van der Waals surface area contributed by atoms with E-state index in [1.54, 1.807) is 12.1 Å². The number of sulfone groups is 1. The summed E-state index contributed by atoms with van der Waals surface area (Å²) in [6, 6.07) is 17.6. The Morgan fingerprint density at radius 1 is 0.953 bits per heavy atom. The first-order valence-electron chi connectivity index (χ1n) is 21.6. The fraction of sp³-hybridized carbons (Fsp3) is 0.500. The van der Waals surface area contributed by atoms with Crippen molar-refractivity contribution in [3.05, 3.63) is 102 Å². The molecule has 0 saturated carbocycles. The van der Waals surface area contributed by atoms with Gasteiger partial charge in [-0.25, -0.2) is 21.6 Å². The normalized spacial score (nSPS) is 18.8. The van der Waals surface area contributed by atoms with Crippen LogP contribution in [0.3, 0.4) is 0 Å². The predicted molar refractivity (Wildman–Crippen MR) is 249 cm³/mol. The Morgan fingerprint density at radius 2 is 1.62 bits per heavy atom. The van der Waals surface area contributed by atoms with E-state index < -0.39 is 58.9 Å². The Labute approximate surface area is 385 Å². The molecule has 1 aliphatic carbocycles. The molecule has 2 saturated heterocycles. The largest absolute Gasteiger partial charge is 0.501 e. The summed E-state index contributed by atoms with van der Waals surface area (Å²) in [7, 11) is -10.9. The number of aliphatic hydroxyl groups is 1. The van der Waals surface area contributed by atoms with Gasteiger partial charge in [0.2, 0.25) is 0 Å². The van der Waals surface area contributed by atoms with E-state index >= 15 is 0 Å². The van der Waals surface area contributed by atoms with E-state index in [2.05, 4.69) is 40.4 Å². The first-order valence-corrected chi connectivity index (χ1v) is 26.1. The quantitative estimate of drug-likeness (QED) is 0.0838. The van der Waals surface area contributed by atoms with Crippen molar-refractivity contribution in [1.82, 2.24) is 14.5 Å². The number of likely N-dealkylation sites (tertiary alicyclic amines) is 1. The second-order valence-corrected chi connectivity index (χ2v) is 22.7. The molecule has 11 nitrogen and oxygen atoms in total. The molecule has 0 spiro atoms. The molecule has 2 heterocycles. The average Bonchev–Trinajstić information content (AvgIpc) is 3.25. The number of nitrogens with zero attached hydrogens (tertiary/aromatic N) is 3. The Bertz CT molecular complexity index is 2350. The number of hydrogen-bond donors (Lipinski definition) is 3. The van der Waals surface area contributed by atoms with Crippen LogP contribution in [0.5, 0.6) is 0 Å². The number of carbonyl (C=O) groups excluding carboxylic acids is 1. The number of halogens is 4. The van der Waals surface area contributed by atoms with E-state index in [1.165, 1.54) is 35.0 Å². The average molecular weight is 967 g/mol. The lowest BCUT2D eigenvalue weighted by atomic mass is 9.72. The van der Waals surface area contributed by atoms with Gasteiger partial charge in [-0.3, -0.25) is 9.69 Å². The molecule has 0 radical (unpaired) electrons. The van der Waals surface area contributed by atoms with Crippen LogP contribution in [0.25, 0.3) is 0 Å². The minimum Gasteiger partial charge on any atom is -0.393 e. The lowest BCUT2D eigenvalue weighted by molar-refractivity contribution is -0.0435. The van der Waals surface area contributed by atoms with Crippen molar-refractivity contribution in [3.63, 3.8) is 0 Å². The molecule has 1 atom stereocenters. The summed E-state index contributed by atoms with van der Waals surface area (Å²) in [6.45, 7) is 14.7. The Kier molecular flexibility index (Phi) is 16.6. The molecule has 1 amide bonds. The maximum absolute atomic E-state index is 14.2. The van der Waals surface area contributed by atoms with Gasteiger partial charge in [0.25, 0.3) is 25.8 Å². The van der Waals surface area contributed by atoms with Crippen LogP contribution in [0.4, 0.5) is 24.5 Å². The van der Waals surface area contributed by atoms with Crippen LogP contribution in [0.2, 0.25) is 0 Å². The number of amides is 1. The van der Waals surface area contributed by atoms with Crippen LogP contribution in [0, 0.1) is 5.41 Å². The van der Waals surface area contributed by atoms with Crippen LogP contribution < -0.4 is 14.9 Å². The monoisotopic (exact) mass is 965 g/mol. The molecule has 350 valence electrons. The molecular weight excluding hydrogens is 907 g/mol. The number of piperidine rings is 1. The number of rotatable bonds is 18. The lowest BCUT2D eigenvalue weighted by Gasteiger charge is -2.40. The maximum atomic E-state index is 14.2. The highest BCUT2D eigenvalue weighted by atomic mass is 35.5. The van der Waals surface area contributed by atoms with E-state index in [4.69, 9.17) is 11.6 Å². The van der Waals surface area contributed by atoms with Crippen LogP contribution in [-0.2, 0) is 19.9 Å². The van der Waals surface area contributed by atoms with Crippen molar-refractivity contribution >= 4 is 60.5 Å². The fourth-order valence-corrected chi connectivity index (χ4v) is 11.7. The van der Waals surface area contributed by atoms with Crippen molar-refractivity contribution in [2.75, 3.05) is 74.2 Å². The summed E-state index contributed by atoms with van der Waals surface area (Å²) < 4.78 is 97.7. The number of anilines is 2. The van der Waals surface area contributed by atoms with Crippen LogP contribution in [-0.4, -0.2) is 119 Å². The molecule has 6 rings (SSSR count). The van der Waals surface area contributed by atoms with Crippen molar-refractivity contribution in [1.29, 1.82) is 0 Å². The van der Waals surface area contributed by atoms with E-state index in [0.29, 0.717) is 56.6 Å². The van der Waals surface area contributed by atoms with E-state index in [0.717, 1.165) is 86.7 Å². The highest BCUT2D eigenvalue weighted by Gasteiger charge is 2.48. The zero-order chi connectivity index (χ0) is 46.3. The molecule has 64 heavy (non-hydrogen) atoms. The molecule has 0 bridgehead atoms. The van der Waals surface area contributed by atoms with Gasteiger partial charge in [-0.2, -0.15) is 13.2 Å². The molecule has 2 fully saturated rings. The van der Waals surface area contributed by atoms with Crippen molar-refractivity contribution in [2.24, 2.45) is 5.41 Å². The zero-order valence-corrected chi connectivity index (χ0v) is 39.6. The highest BCUT2D eigenvalue weighted by Crippen LogP contribution is 2.42. The number of hydrogen-bond acceptors (Lipinski definition) is 11. The number of benzene rings is 3. The molecule has 18 heteroatoms. The topological polar surface area (TPSA) is 139 Å². The van der Waals surface area contributed by atoms with Crippen molar-refractivity contribution in [3.8, 4) is 0 Å². The zero-order valence-electron chi connectivity index (χ0n) is 36.4. The fourth-order valence-electron chi connectivity index (χ4n) is 8.50. The van der Waals surface area contributed by atoms with Gasteiger partial charge in [0, 0.05) is 86.2 Å². The number of thioether (sulfide) groups is 1. The minimum atomic E-state index is -6.07. The lowest BCUT2D eigenvalue weighted by Crippen LogP contribution is -2.47. The second kappa shape index (κ2) is 21.4. The summed E-state index contributed by atoms with van der Waals surface area (Å²) in [5.74, 6) is -0.137. The third-order valence-electron chi connectivity index (χ3n) is 12.3. The van der Waals surface area contributed by atoms with Gasteiger partial charge in [-0.15, -0.1) is 23.4 Å². The van der Waals surface area contributed by atoms with Gasteiger partial charge in [-0.1, -0.05) is 49.8 Å². The number of sulfonamides is 1. The van der Waals surface area contributed by atoms with Gasteiger partial charge < -0.3 is 20.2 Å². The summed E-state index contributed by atoms with van der Waals surface area (Å²) in [5, 5.41) is 12.9. The molecule has 3 aromatic carbocycles. The number of allylic oxidation sites excluding steroid dienone is 2. The SMILES string of the molecule is C=C(CCCl)C1=C(CN2CCN(c3ccc(C(=O)NS(=O)(=O)c4ccc(N[C@H](CCN5CCC(O)CC5)CSc5ccccc5)c(S(=O)(=O)C(F)(F)F)c4)cc3)CC2)CC(C)(C)CC1. The van der Waals surface area contributed by atoms with Gasteiger partial charge in [0.05, 0.1) is 16.7 Å². The first-order chi connectivity index (χ1) is 30.2. The number of aliphatic hydroxyl groups excluding tert-OH is 1. The van der Waals surface area contributed by atoms with Crippen molar-refractivity contribution < 1.29 is 39.9 Å². The smallest absolute Gasteiger partial charge is 0.393 e. The summed E-state index contributed by atoms with van der Waals surface area (Å²) >= 11 is 7.49. The van der Waals surface area contributed by atoms with Gasteiger partial charge in [-0.05, 0) is 111 Å². The van der Waals surface area contributed by atoms with Crippen molar-refractivity contribution in [2.45, 2.75) is 91.1 Å². The minimum absolute atomic E-state index is 0.00841. The molecule has 0 aromatic heterocycles. The summed E-state index contributed by atoms with van der Waals surface area (Å²) in [5.41, 5.74) is -1.19. The summed E-state index contributed by atoms with van der Waals surface area (Å²) in [4.78, 5) is 18.9. The second-order valence-electron chi connectivity index (χ2n) is 17.6. The summed E-state index contributed by atoms with van der Waals surface area (Å²) in [6.07, 6.45) is 5.11. The third-order valence-corrected chi connectivity index (χ3v) is 16.5. The first kappa shape index (κ1) is 49.8. The van der Waals surface area contributed by atoms with Crippen LogP contribution >= 0.6 is 23.4 Å². The number of alkyl halides is 4. The van der Waals surface area contributed by atoms with Gasteiger partial charge in [0.15, 0.2) is 0 Å². The van der Waals surface area contributed by atoms with Gasteiger partial charge in [0.1, 0.15) is 4.90 Å². The molecule has 2 aliphatic heterocycles. The molecular formula is C46H59ClF3N5O6S3. The molecule has 3 N–H and O–H groups in total. The maximum Gasteiger partial charge on any atom is 0.501 e. The van der Waals surface area contributed by atoms with Crippen LogP contribution in [0.1, 0.15) is 69.2 Å². The van der Waals surface area contributed by atoms with Crippen LogP contribution in [0.15, 0.2) is 111 Å². The Morgan fingerprint density at radius 3 is 2.27 bits per heavy atom. The molecule has 3 aromatic rings. The molecule has 0 unspecified atom stereocenters. The van der Waals surface area contributed by atoms with E-state index in [9.17, 15) is 39.9 Å².